The molecule has 0 heterocycles. The summed E-state index contributed by atoms with van der Waals surface area (Å²) in [5.41, 5.74) is 11.8. The van der Waals surface area contributed by atoms with E-state index in [-0.39, 0.29) is 16.6 Å². The summed E-state index contributed by atoms with van der Waals surface area (Å²) in [7, 11) is 0. The number of carbonyl (C=O) groups is 1. The summed E-state index contributed by atoms with van der Waals surface area (Å²) in [6.07, 6.45) is 5.29. The molecule has 0 saturated heterocycles. The summed E-state index contributed by atoms with van der Waals surface area (Å²) in [5.74, 6) is -0.645. The number of carboxylic acids is 1. The first-order chi connectivity index (χ1) is 15.0. The Morgan fingerprint density at radius 3 is 1.91 bits per heavy atom. The molecule has 0 bridgehead atoms. The Balaban J connectivity index is 0.000000305. The number of rotatable bonds is 3. The topological polar surface area (TPSA) is 83.5 Å². The zero-order chi connectivity index (χ0) is 23.5. The van der Waals surface area contributed by atoms with E-state index in [1.807, 2.05) is 18.2 Å². The first kappa shape index (κ1) is 23.1. The van der Waals surface area contributed by atoms with Crippen molar-refractivity contribution >= 4 is 23.8 Å². The molecule has 0 radical (unpaired) electrons. The van der Waals surface area contributed by atoms with Crippen molar-refractivity contribution < 1.29 is 15.0 Å². The third-order valence-corrected chi connectivity index (χ3v) is 5.90. The predicted octanol–water partition coefficient (Wildman–Crippen LogP) is 6.49. The Bertz CT molecular complexity index is 1100. The molecule has 4 rings (SSSR count). The molecule has 0 unspecified atom stereocenters. The first-order valence-corrected chi connectivity index (χ1v) is 10.7. The minimum absolute atomic E-state index is 0.200. The number of carboxylic acid groups (broad SMARTS) is 1. The Morgan fingerprint density at radius 2 is 1.34 bits per heavy atom. The molecule has 3 aromatic carbocycles. The van der Waals surface area contributed by atoms with Gasteiger partial charge in [0.2, 0.25) is 0 Å². The van der Waals surface area contributed by atoms with E-state index >= 15 is 0 Å². The standard InChI is InChI=1S/C22H24O2.C6H7NO/c1-21(2)14-22(3,4)19-13-16(9-12-18(19)21)6-5-15-7-10-17(11-8-15)20(23)24;7-5-1-3-6(8)4-2-5/h5-13H,14H2,1-4H3,(H,23,24);1-4,8H,7H2/b6-5+;. The molecule has 1 aliphatic rings. The van der Waals surface area contributed by atoms with Crippen molar-refractivity contribution in [2.24, 2.45) is 0 Å². The van der Waals surface area contributed by atoms with Crippen LogP contribution in [0.3, 0.4) is 0 Å². The maximum Gasteiger partial charge on any atom is 0.335 e. The van der Waals surface area contributed by atoms with Gasteiger partial charge in [-0.25, -0.2) is 4.79 Å². The number of hydrogen-bond acceptors (Lipinski definition) is 3. The summed E-state index contributed by atoms with van der Waals surface area (Å²) in [4.78, 5) is 10.9. The van der Waals surface area contributed by atoms with Crippen LogP contribution in [0.5, 0.6) is 5.75 Å². The molecule has 3 aromatic rings. The number of nitrogen functional groups attached to an aromatic ring is 1. The lowest BCUT2D eigenvalue weighted by atomic mass is 9.82. The fraction of sp³-hybridized carbons (Fsp3) is 0.250. The van der Waals surface area contributed by atoms with Gasteiger partial charge in [-0.05, 0) is 75.9 Å². The van der Waals surface area contributed by atoms with Crippen molar-refractivity contribution in [3.05, 3.63) is 94.5 Å². The number of benzene rings is 3. The maximum atomic E-state index is 10.9. The van der Waals surface area contributed by atoms with Gasteiger partial charge in [0.25, 0.3) is 0 Å². The fourth-order valence-electron chi connectivity index (χ4n) is 4.51. The minimum atomic E-state index is -0.894. The molecule has 0 spiro atoms. The maximum absolute atomic E-state index is 10.9. The summed E-state index contributed by atoms with van der Waals surface area (Å²) in [6.45, 7) is 9.28. The van der Waals surface area contributed by atoms with Crippen molar-refractivity contribution in [1.82, 2.24) is 0 Å². The molecule has 4 nitrogen and oxygen atoms in total. The predicted molar refractivity (Wildman–Crippen MR) is 132 cm³/mol. The van der Waals surface area contributed by atoms with Crippen molar-refractivity contribution in [2.45, 2.75) is 44.9 Å². The second-order valence-electron chi connectivity index (χ2n) is 9.60. The third-order valence-electron chi connectivity index (χ3n) is 5.90. The van der Waals surface area contributed by atoms with E-state index in [0.717, 1.165) is 5.56 Å². The van der Waals surface area contributed by atoms with Crippen molar-refractivity contribution in [2.75, 3.05) is 5.73 Å². The van der Waals surface area contributed by atoms with E-state index in [4.69, 9.17) is 15.9 Å². The van der Waals surface area contributed by atoms with Gasteiger partial charge < -0.3 is 15.9 Å². The summed E-state index contributed by atoms with van der Waals surface area (Å²) < 4.78 is 0. The highest BCUT2D eigenvalue weighted by molar-refractivity contribution is 5.88. The van der Waals surface area contributed by atoms with Gasteiger partial charge in [0.05, 0.1) is 5.56 Å². The van der Waals surface area contributed by atoms with Crippen LogP contribution < -0.4 is 5.73 Å². The molecule has 0 aliphatic heterocycles. The number of phenols is 1. The van der Waals surface area contributed by atoms with E-state index < -0.39 is 5.97 Å². The lowest BCUT2D eigenvalue weighted by Crippen LogP contribution is -2.17. The van der Waals surface area contributed by atoms with Crippen LogP contribution in [-0.2, 0) is 10.8 Å². The molecule has 0 saturated carbocycles. The number of aromatic carboxylic acids is 1. The van der Waals surface area contributed by atoms with Crippen LogP contribution in [0.4, 0.5) is 5.69 Å². The second-order valence-corrected chi connectivity index (χ2v) is 9.60. The molecule has 4 heteroatoms. The van der Waals surface area contributed by atoms with Crippen LogP contribution in [-0.4, -0.2) is 16.2 Å². The van der Waals surface area contributed by atoms with E-state index in [0.29, 0.717) is 11.3 Å². The van der Waals surface area contributed by atoms with Gasteiger partial charge in [0.15, 0.2) is 0 Å². The lowest BCUT2D eigenvalue weighted by molar-refractivity contribution is 0.0697. The third kappa shape index (κ3) is 5.38. The molecule has 32 heavy (non-hydrogen) atoms. The van der Waals surface area contributed by atoms with Crippen LogP contribution >= 0.6 is 0 Å². The Morgan fingerprint density at radius 1 is 0.812 bits per heavy atom. The molecular weight excluding hydrogens is 398 g/mol. The molecule has 0 fully saturated rings. The average Bonchev–Trinajstić information content (AvgIpc) is 2.93. The van der Waals surface area contributed by atoms with Crippen molar-refractivity contribution in [3.63, 3.8) is 0 Å². The van der Waals surface area contributed by atoms with Gasteiger partial charge in [-0.3, -0.25) is 0 Å². The Kier molecular flexibility index (Phi) is 6.45. The van der Waals surface area contributed by atoms with Gasteiger partial charge in [0.1, 0.15) is 5.75 Å². The summed E-state index contributed by atoms with van der Waals surface area (Å²) in [6, 6.07) is 20.1. The second kappa shape index (κ2) is 8.91. The number of nitrogens with two attached hydrogens (primary N) is 1. The largest absolute Gasteiger partial charge is 0.508 e. The van der Waals surface area contributed by atoms with Crippen LogP contribution in [0.2, 0.25) is 0 Å². The van der Waals surface area contributed by atoms with Gasteiger partial charge in [0, 0.05) is 5.69 Å². The van der Waals surface area contributed by atoms with Gasteiger partial charge in [-0.2, -0.15) is 0 Å². The first-order valence-electron chi connectivity index (χ1n) is 10.7. The zero-order valence-electron chi connectivity index (χ0n) is 19.1. The SMILES string of the molecule is CC1(C)CC(C)(C)c2cc(/C=C/c3ccc(C(=O)O)cc3)ccc21.Nc1ccc(O)cc1. The highest BCUT2D eigenvalue weighted by Gasteiger charge is 2.41. The molecular formula is C28H31NO3. The highest BCUT2D eigenvalue weighted by atomic mass is 16.4. The fourth-order valence-corrected chi connectivity index (χ4v) is 4.51. The van der Waals surface area contributed by atoms with Gasteiger partial charge in [-0.1, -0.05) is 70.2 Å². The van der Waals surface area contributed by atoms with Crippen LogP contribution in [0.15, 0.2) is 66.7 Å². The number of hydrogen-bond donors (Lipinski definition) is 3. The number of phenolic OH excluding ortho intramolecular Hbond substituents is 1. The lowest BCUT2D eigenvalue weighted by Gasteiger charge is -2.22. The normalized spacial score (nSPS) is 15.6. The van der Waals surface area contributed by atoms with Crippen LogP contribution in [0.1, 0.15) is 66.7 Å². The van der Waals surface area contributed by atoms with E-state index in [2.05, 4.69) is 52.0 Å². The summed E-state index contributed by atoms with van der Waals surface area (Å²) in [5, 5.41) is 17.6. The van der Waals surface area contributed by atoms with E-state index in [9.17, 15) is 4.79 Å². The monoisotopic (exact) mass is 429 g/mol. The highest BCUT2D eigenvalue weighted by Crippen LogP contribution is 2.49. The molecule has 0 aromatic heterocycles. The Hall–Kier alpha value is -3.53. The molecule has 4 N–H and O–H groups in total. The number of fused-ring (bicyclic) bond motifs is 1. The van der Waals surface area contributed by atoms with Crippen LogP contribution in [0.25, 0.3) is 12.2 Å². The zero-order valence-corrected chi connectivity index (χ0v) is 19.1. The quantitative estimate of drug-likeness (QED) is 0.252. The van der Waals surface area contributed by atoms with E-state index in [1.165, 1.54) is 23.1 Å². The Labute approximate surface area is 190 Å². The number of anilines is 1. The van der Waals surface area contributed by atoms with Crippen molar-refractivity contribution in [1.29, 1.82) is 0 Å². The molecule has 1 aliphatic carbocycles. The van der Waals surface area contributed by atoms with E-state index in [1.54, 1.807) is 36.4 Å². The minimum Gasteiger partial charge on any atom is -0.508 e. The molecule has 0 amide bonds. The molecule has 0 atom stereocenters. The molecule has 166 valence electrons. The van der Waals surface area contributed by atoms with Crippen LogP contribution in [0, 0.1) is 0 Å². The van der Waals surface area contributed by atoms with Crippen molar-refractivity contribution in [3.8, 4) is 5.75 Å². The van der Waals surface area contributed by atoms with Gasteiger partial charge >= 0.3 is 5.97 Å². The average molecular weight is 430 g/mol. The number of aromatic hydroxyl groups is 1. The smallest absolute Gasteiger partial charge is 0.335 e. The summed E-state index contributed by atoms with van der Waals surface area (Å²) >= 11 is 0. The van der Waals surface area contributed by atoms with Gasteiger partial charge in [-0.15, -0.1) is 0 Å².